The fourth-order valence-electron chi connectivity index (χ4n) is 1.25. The average molecular weight is 305 g/mol. The second-order valence-corrected chi connectivity index (χ2v) is 4.53. The number of hydrogen-bond acceptors (Lipinski definition) is 4. The van der Waals surface area contributed by atoms with Crippen LogP contribution in [0.25, 0.3) is 0 Å². The van der Waals surface area contributed by atoms with Crippen molar-refractivity contribution in [1.29, 1.82) is 0 Å². The second kappa shape index (κ2) is 5.63. The molecule has 0 unspecified atom stereocenters. The predicted molar refractivity (Wildman–Crippen MR) is 73.6 cm³/mol. The second-order valence-electron chi connectivity index (χ2n) is 3.30. The minimum Gasteiger partial charge on any atom is -0.437 e. The van der Waals surface area contributed by atoms with E-state index in [0.29, 0.717) is 32.5 Å². The lowest BCUT2D eigenvalue weighted by Crippen LogP contribution is -2.08. The van der Waals surface area contributed by atoms with E-state index >= 15 is 0 Å². The van der Waals surface area contributed by atoms with Crippen LogP contribution in [0.5, 0.6) is 11.6 Å². The van der Waals surface area contributed by atoms with Crippen molar-refractivity contribution in [1.82, 2.24) is 4.98 Å². The molecular formula is C11H8Cl3N3O. The van der Waals surface area contributed by atoms with Crippen LogP contribution in [0.4, 0.5) is 5.82 Å². The number of rotatable bonds is 3. The number of aromatic nitrogens is 1. The zero-order valence-corrected chi connectivity index (χ0v) is 11.2. The van der Waals surface area contributed by atoms with Crippen molar-refractivity contribution in [2.45, 2.75) is 0 Å². The summed E-state index contributed by atoms with van der Waals surface area (Å²) in [4.78, 5) is 4.09. The molecule has 94 valence electrons. The minimum absolute atomic E-state index is 0.339. The van der Waals surface area contributed by atoms with E-state index in [4.69, 9.17) is 45.4 Å². The van der Waals surface area contributed by atoms with Gasteiger partial charge in [0.15, 0.2) is 0 Å². The molecule has 1 aromatic carbocycles. The van der Waals surface area contributed by atoms with Crippen LogP contribution in [0, 0.1) is 0 Å². The Morgan fingerprint density at radius 3 is 2.50 bits per heavy atom. The molecular weight excluding hydrogens is 296 g/mol. The van der Waals surface area contributed by atoms with E-state index in [1.54, 1.807) is 18.2 Å². The molecule has 1 aromatic heterocycles. The van der Waals surface area contributed by atoms with E-state index in [-0.39, 0.29) is 0 Å². The molecule has 0 saturated heterocycles. The van der Waals surface area contributed by atoms with Crippen molar-refractivity contribution >= 4 is 40.6 Å². The van der Waals surface area contributed by atoms with Crippen LogP contribution in [0.2, 0.25) is 15.1 Å². The van der Waals surface area contributed by atoms with Crippen LogP contribution in [0.3, 0.4) is 0 Å². The van der Waals surface area contributed by atoms with E-state index in [1.165, 1.54) is 12.1 Å². The van der Waals surface area contributed by atoms with E-state index in [0.717, 1.165) is 0 Å². The van der Waals surface area contributed by atoms with Crippen molar-refractivity contribution in [2.75, 3.05) is 5.43 Å². The standard InChI is InChI=1S/C11H8Cl3N3O/c12-6-4-8(14)9(5-7(6)13)18-11-3-1-2-10(16-11)17-15/h1-5H,15H2,(H,16,17). The topological polar surface area (TPSA) is 60.2 Å². The van der Waals surface area contributed by atoms with Crippen molar-refractivity contribution in [3.63, 3.8) is 0 Å². The Morgan fingerprint density at radius 2 is 1.78 bits per heavy atom. The lowest BCUT2D eigenvalue weighted by Gasteiger charge is -2.09. The zero-order chi connectivity index (χ0) is 13.1. The van der Waals surface area contributed by atoms with Gasteiger partial charge in [0.25, 0.3) is 0 Å². The summed E-state index contributed by atoms with van der Waals surface area (Å²) in [6, 6.07) is 8.13. The van der Waals surface area contributed by atoms with E-state index in [9.17, 15) is 0 Å². The fraction of sp³-hybridized carbons (Fsp3) is 0. The summed E-state index contributed by atoms with van der Waals surface area (Å²) in [5, 5.41) is 1.06. The number of nitrogen functional groups attached to an aromatic ring is 1. The van der Waals surface area contributed by atoms with Gasteiger partial charge in [-0.1, -0.05) is 40.9 Å². The highest BCUT2D eigenvalue weighted by atomic mass is 35.5. The number of benzene rings is 1. The van der Waals surface area contributed by atoms with Crippen molar-refractivity contribution in [2.24, 2.45) is 5.84 Å². The smallest absolute Gasteiger partial charge is 0.221 e. The highest BCUT2D eigenvalue weighted by Crippen LogP contribution is 2.35. The minimum atomic E-state index is 0.339. The Hall–Kier alpha value is -1.20. The Labute approximate surface area is 119 Å². The molecule has 18 heavy (non-hydrogen) atoms. The number of nitrogens with two attached hydrogens (primary N) is 1. The quantitative estimate of drug-likeness (QED) is 0.509. The van der Waals surface area contributed by atoms with Gasteiger partial charge in [-0.3, -0.25) is 0 Å². The third-order valence-electron chi connectivity index (χ3n) is 2.06. The van der Waals surface area contributed by atoms with E-state index in [2.05, 4.69) is 10.4 Å². The van der Waals surface area contributed by atoms with Crippen LogP contribution in [-0.2, 0) is 0 Å². The van der Waals surface area contributed by atoms with Crippen molar-refractivity contribution in [3.8, 4) is 11.6 Å². The highest BCUT2D eigenvalue weighted by Gasteiger charge is 2.09. The number of nitrogens with zero attached hydrogens (tertiary/aromatic N) is 1. The number of anilines is 1. The maximum atomic E-state index is 5.99. The number of pyridine rings is 1. The molecule has 3 N–H and O–H groups in total. The van der Waals surface area contributed by atoms with Gasteiger partial charge in [-0.15, -0.1) is 0 Å². The summed E-state index contributed by atoms with van der Waals surface area (Å²) in [5.74, 6) is 6.44. The van der Waals surface area contributed by atoms with Gasteiger partial charge in [0.2, 0.25) is 5.88 Å². The van der Waals surface area contributed by atoms with Gasteiger partial charge in [0.1, 0.15) is 11.6 Å². The summed E-state index contributed by atoms with van der Waals surface area (Å²) in [5.41, 5.74) is 2.42. The largest absolute Gasteiger partial charge is 0.437 e. The first-order valence-corrected chi connectivity index (χ1v) is 5.99. The first kappa shape index (κ1) is 13.2. The highest BCUT2D eigenvalue weighted by molar-refractivity contribution is 6.43. The SMILES string of the molecule is NNc1cccc(Oc2cc(Cl)c(Cl)cc2Cl)n1. The van der Waals surface area contributed by atoms with Crippen molar-refractivity contribution in [3.05, 3.63) is 45.4 Å². The summed E-state index contributed by atoms with van der Waals surface area (Å²) < 4.78 is 5.51. The molecule has 2 aromatic rings. The lowest BCUT2D eigenvalue weighted by molar-refractivity contribution is 0.464. The zero-order valence-electron chi connectivity index (χ0n) is 8.95. The van der Waals surface area contributed by atoms with Gasteiger partial charge in [-0.25, -0.2) is 5.84 Å². The fourth-order valence-corrected chi connectivity index (χ4v) is 1.82. The normalized spacial score (nSPS) is 10.2. The maximum Gasteiger partial charge on any atom is 0.221 e. The number of nitrogens with one attached hydrogen (secondary N) is 1. The third kappa shape index (κ3) is 2.97. The number of halogens is 3. The molecule has 7 heteroatoms. The Kier molecular flexibility index (Phi) is 4.14. The molecule has 0 saturated carbocycles. The summed E-state index contributed by atoms with van der Waals surface area (Å²) >= 11 is 17.7. The molecule has 0 bridgehead atoms. The van der Waals surface area contributed by atoms with Crippen LogP contribution in [0.15, 0.2) is 30.3 Å². The average Bonchev–Trinajstić information content (AvgIpc) is 2.36. The van der Waals surface area contributed by atoms with Crippen LogP contribution in [-0.4, -0.2) is 4.98 Å². The van der Waals surface area contributed by atoms with Gasteiger partial charge in [-0.05, 0) is 12.1 Å². The molecule has 0 aliphatic rings. The van der Waals surface area contributed by atoms with Crippen molar-refractivity contribution < 1.29 is 4.74 Å². The first-order valence-electron chi connectivity index (χ1n) is 4.86. The molecule has 2 rings (SSSR count). The van der Waals surface area contributed by atoms with E-state index < -0.39 is 0 Å². The van der Waals surface area contributed by atoms with Gasteiger partial charge in [-0.2, -0.15) is 4.98 Å². The summed E-state index contributed by atoms with van der Waals surface area (Å²) in [6.45, 7) is 0. The van der Waals surface area contributed by atoms with Gasteiger partial charge in [0, 0.05) is 12.1 Å². The molecule has 0 spiro atoms. The summed E-state index contributed by atoms with van der Waals surface area (Å²) in [6.07, 6.45) is 0. The van der Waals surface area contributed by atoms with Crippen LogP contribution < -0.4 is 16.0 Å². The number of ether oxygens (including phenoxy) is 1. The number of hydrazine groups is 1. The predicted octanol–water partition coefficient (Wildman–Crippen LogP) is 4.12. The Balaban J connectivity index is 2.30. The third-order valence-corrected chi connectivity index (χ3v) is 3.08. The van der Waals surface area contributed by atoms with Gasteiger partial charge in [0.05, 0.1) is 15.1 Å². The lowest BCUT2D eigenvalue weighted by atomic mass is 10.3. The summed E-state index contributed by atoms with van der Waals surface area (Å²) in [7, 11) is 0. The molecule has 1 heterocycles. The van der Waals surface area contributed by atoms with Crippen LogP contribution >= 0.6 is 34.8 Å². The van der Waals surface area contributed by atoms with Gasteiger partial charge < -0.3 is 10.2 Å². The van der Waals surface area contributed by atoms with Gasteiger partial charge >= 0.3 is 0 Å². The molecule has 0 amide bonds. The molecule has 0 atom stereocenters. The maximum absolute atomic E-state index is 5.99. The molecule has 0 fully saturated rings. The van der Waals surface area contributed by atoms with Crippen LogP contribution in [0.1, 0.15) is 0 Å². The monoisotopic (exact) mass is 303 g/mol. The Bertz CT molecular complexity index is 577. The molecule has 0 aliphatic heterocycles. The van der Waals surface area contributed by atoms with E-state index in [1.807, 2.05) is 0 Å². The molecule has 4 nitrogen and oxygen atoms in total. The Morgan fingerprint density at radius 1 is 1.06 bits per heavy atom. The molecule has 0 radical (unpaired) electrons. The number of hydrogen-bond donors (Lipinski definition) is 2. The molecule has 0 aliphatic carbocycles. The first-order chi connectivity index (χ1) is 8.60.